The van der Waals surface area contributed by atoms with Gasteiger partial charge in [-0.2, -0.15) is 0 Å². The summed E-state index contributed by atoms with van der Waals surface area (Å²) in [6.45, 7) is -1.20. The highest BCUT2D eigenvalue weighted by Gasteiger charge is 2.48. The molecule has 0 radical (unpaired) electrons. The van der Waals surface area contributed by atoms with Crippen LogP contribution in [0.4, 0.5) is 0 Å². The molecule has 10 atom stereocenters. The molecule has 4 heterocycles. The van der Waals surface area contributed by atoms with Gasteiger partial charge >= 0.3 is 0 Å². The average Bonchev–Trinajstić information content (AvgIpc) is 3.52. The molecule has 2 aromatic carbocycles. The molecule has 2 saturated heterocycles. The number of ether oxygens (including phenoxy) is 7. The van der Waals surface area contributed by atoms with Crippen molar-refractivity contribution in [2.75, 3.05) is 27.1 Å². The van der Waals surface area contributed by atoms with Crippen LogP contribution in [0.5, 0.6) is 23.0 Å². The van der Waals surface area contributed by atoms with E-state index in [2.05, 4.69) is 0 Å². The smallest absolute Gasteiger partial charge is 0.231 e. The predicted octanol–water partition coefficient (Wildman–Crippen LogP) is -1.80. The first-order valence-corrected chi connectivity index (χ1v) is 13.9. The minimum Gasteiger partial charge on any atom is -0.492 e. The summed E-state index contributed by atoms with van der Waals surface area (Å²) >= 11 is 0. The van der Waals surface area contributed by atoms with Crippen LogP contribution in [0.3, 0.4) is 0 Å². The number of methoxy groups -OCH3 is 1. The highest BCUT2D eigenvalue weighted by molar-refractivity contribution is 5.91. The quantitative estimate of drug-likeness (QED) is 0.144. The minimum atomic E-state index is -1.72. The fourth-order valence-corrected chi connectivity index (χ4v) is 5.40. The summed E-state index contributed by atoms with van der Waals surface area (Å²) in [6.07, 6.45) is -14.2. The van der Waals surface area contributed by atoms with E-state index in [1.165, 1.54) is 25.5 Å². The highest BCUT2D eigenvalue weighted by atomic mass is 16.7. The number of hydrogen-bond donors (Lipinski definition) is 7. The summed E-state index contributed by atoms with van der Waals surface area (Å²) in [7, 11) is 1.40. The molecular formula is C29H32O16. The lowest BCUT2D eigenvalue weighted by Gasteiger charge is -2.42. The molecule has 244 valence electrons. The van der Waals surface area contributed by atoms with Gasteiger partial charge in [0.1, 0.15) is 71.8 Å². The molecule has 7 N–H and O–H groups in total. The Morgan fingerprint density at radius 3 is 2.20 bits per heavy atom. The normalized spacial score (nSPS) is 32.9. The van der Waals surface area contributed by atoms with Crippen LogP contribution < -0.4 is 24.4 Å². The molecule has 0 spiro atoms. The van der Waals surface area contributed by atoms with Gasteiger partial charge in [0.15, 0.2) is 17.8 Å². The van der Waals surface area contributed by atoms with Crippen LogP contribution in [-0.4, -0.2) is 124 Å². The largest absolute Gasteiger partial charge is 0.492 e. The van der Waals surface area contributed by atoms with Gasteiger partial charge < -0.3 is 73.3 Å². The second-order valence-electron chi connectivity index (χ2n) is 10.7. The monoisotopic (exact) mass is 636 g/mol. The summed E-state index contributed by atoms with van der Waals surface area (Å²) in [5, 5.41) is 71.1. The fraction of sp³-hybridized carbons (Fsp3) is 0.483. The first kappa shape index (κ1) is 31.4. The maximum Gasteiger partial charge on any atom is 0.231 e. The number of aliphatic hydroxyl groups excluding tert-OH is 7. The number of benzene rings is 2. The molecule has 6 rings (SSSR count). The van der Waals surface area contributed by atoms with Crippen molar-refractivity contribution < 1.29 is 73.3 Å². The molecule has 16 heteroatoms. The molecule has 3 aliphatic rings. The van der Waals surface area contributed by atoms with E-state index in [-0.39, 0.29) is 40.3 Å². The van der Waals surface area contributed by atoms with E-state index >= 15 is 0 Å². The molecule has 3 aromatic rings. The van der Waals surface area contributed by atoms with Crippen molar-refractivity contribution in [3.05, 3.63) is 46.8 Å². The zero-order valence-electron chi connectivity index (χ0n) is 23.7. The Morgan fingerprint density at radius 1 is 0.844 bits per heavy atom. The zero-order chi connectivity index (χ0) is 32.0. The van der Waals surface area contributed by atoms with E-state index in [0.717, 1.165) is 0 Å². The van der Waals surface area contributed by atoms with E-state index in [1.54, 1.807) is 18.2 Å². The first-order valence-electron chi connectivity index (χ1n) is 13.9. The van der Waals surface area contributed by atoms with Crippen molar-refractivity contribution in [3.8, 4) is 34.1 Å². The molecule has 0 bridgehead atoms. The predicted molar refractivity (Wildman–Crippen MR) is 148 cm³/mol. The maximum absolute atomic E-state index is 13.5. The lowest BCUT2D eigenvalue weighted by molar-refractivity contribution is -0.323. The third-order valence-electron chi connectivity index (χ3n) is 7.92. The Hall–Kier alpha value is -3.55. The van der Waals surface area contributed by atoms with E-state index in [9.17, 15) is 40.5 Å². The van der Waals surface area contributed by atoms with Crippen molar-refractivity contribution in [2.45, 2.75) is 61.4 Å². The molecular weight excluding hydrogens is 604 g/mol. The Labute approximate surface area is 254 Å². The van der Waals surface area contributed by atoms with E-state index in [0.29, 0.717) is 17.1 Å². The average molecular weight is 637 g/mol. The molecule has 3 aliphatic heterocycles. The highest BCUT2D eigenvalue weighted by Crippen LogP contribution is 2.45. The molecule has 0 aliphatic carbocycles. The number of fused-ring (bicyclic) bond motifs is 2. The van der Waals surface area contributed by atoms with Crippen molar-refractivity contribution >= 4 is 11.0 Å². The van der Waals surface area contributed by atoms with Gasteiger partial charge in [0.25, 0.3) is 0 Å². The molecule has 0 saturated carbocycles. The van der Waals surface area contributed by atoms with Gasteiger partial charge in [0.2, 0.25) is 24.3 Å². The van der Waals surface area contributed by atoms with Crippen LogP contribution in [0.15, 0.2) is 45.8 Å². The molecule has 45 heavy (non-hydrogen) atoms. The maximum atomic E-state index is 13.5. The zero-order valence-corrected chi connectivity index (χ0v) is 23.7. The molecule has 1 aromatic heterocycles. The second-order valence-corrected chi connectivity index (χ2v) is 10.7. The van der Waals surface area contributed by atoms with E-state index < -0.39 is 74.6 Å². The van der Waals surface area contributed by atoms with Gasteiger partial charge in [-0.05, 0) is 17.7 Å². The lowest BCUT2D eigenvalue weighted by Crippen LogP contribution is -2.62. The van der Waals surface area contributed by atoms with Gasteiger partial charge in [0, 0.05) is 6.07 Å². The van der Waals surface area contributed by atoms with Crippen LogP contribution in [0, 0.1) is 0 Å². The second kappa shape index (κ2) is 12.7. The van der Waals surface area contributed by atoms with Crippen molar-refractivity contribution in [2.24, 2.45) is 0 Å². The van der Waals surface area contributed by atoms with Crippen LogP contribution in [0.2, 0.25) is 0 Å². The third-order valence-corrected chi connectivity index (χ3v) is 7.92. The SMILES string of the molecule is COc1c2c(cc3occ(-c4ccc(O[C@@H]5O[C@@H](CO[C@@H]6O[C@@H](CO)[C@@H](O)[C@@H](O)[C@H]6O)[C@@H](O)[C@@H](O)[C@H]5O)cc4)c(=O)c13)OCO2. The molecule has 2 fully saturated rings. The minimum absolute atomic E-state index is 0.0219. The summed E-state index contributed by atoms with van der Waals surface area (Å²) < 4.78 is 44.1. The van der Waals surface area contributed by atoms with Gasteiger partial charge in [-0.1, -0.05) is 12.1 Å². The Kier molecular flexibility index (Phi) is 8.86. The Balaban J connectivity index is 1.16. The summed E-state index contributed by atoms with van der Waals surface area (Å²) in [4.78, 5) is 13.5. The summed E-state index contributed by atoms with van der Waals surface area (Å²) in [6, 6.07) is 7.65. The van der Waals surface area contributed by atoms with Crippen molar-refractivity contribution in [3.63, 3.8) is 0 Å². The van der Waals surface area contributed by atoms with Crippen LogP contribution >= 0.6 is 0 Å². The summed E-state index contributed by atoms with van der Waals surface area (Å²) in [5.41, 5.74) is 0.540. The van der Waals surface area contributed by atoms with Crippen molar-refractivity contribution in [1.82, 2.24) is 0 Å². The summed E-state index contributed by atoms with van der Waals surface area (Å²) in [5.74, 6) is 1.05. The first-order chi connectivity index (χ1) is 21.6. The number of rotatable bonds is 8. The molecule has 0 unspecified atom stereocenters. The topological polar surface area (TPSA) is 236 Å². The molecule has 16 nitrogen and oxygen atoms in total. The number of hydrogen-bond acceptors (Lipinski definition) is 16. The van der Waals surface area contributed by atoms with Gasteiger partial charge in [0.05, 0.1) is 25.9 Å². The fourth-order valence-electron chi connectivity index (χ4n) is 5.40. The van der Waals surface area contributed by atoms with Crippen LogP contribution in [0.1, 0.15) is 0 Å². The Morgan fingerprint density at radius 2 is 1.51 bits per heavy atom. The van der Waals surface area contributed by atoms with Crippen LogP contribution in [-0.2, 0) is 14.2 Å². The van der Waals surface area contributed by atoms with Crippen LogP contribution in [0.25, 0.3) is 22.1 Å². The Bertz CT molecular complexity index is 1560. The number of aliphatic hydroxyl groups is 7. The standard InChI is InChI=1S/C29H32O16/c1-38-27-18-14(6-15-26(27)42-10-41-15)39-8-13(19(18)31)11-2-4-12(5-3-11)43-29-25(37)23(35)21(33)17(45-29)9-40-28-24(36)22(34)20(32)16(7-30)44-28/h2-6,8,16-17,20-25,28-30,32-37H,7,9-10H2,1H3/t16-,17-,20+,21+,22+,23+,24+,25+,28+,29+/m0/s1. The third kappa shape index (κ3) is 5.70. The lowest BCUT2D eigenvalue weighted by atomic mass is 9.98. The molecule has 0 amide bonds. The van der Waals surface area contributed by atoms with E-state index in [4.69, 9.17) is 37.6 Å². The van der Waals surface area contributed by atoms with Crippen molar-refractivity contribution in [1.29, 1.82) is 0 Å². The van der Waals surface area contributed by atoms with Gasteiger partial charge in [-0.3, -0.25) is 4.79 Å². The van der Waals surface area contributed by atoms with E-state index in [1.807, 2.05) is 0 Å². The van der Waals surface area contributed by atoms with Gasteiger partial charge in [-0.25, -0.2) is 0 Å². The van der Waals surface area contributed by atoms with Gasteiger partial charge in [-0.15, -0.1) is 0 Å².